The van der Waals surface area contributed by atoms with E-state index in [9.17, 15) is 0 Å². The fourth-order valence-corrected chi connectivity index (χ4v) is 1.47. The molecule has 0 fully saturated rings. The van der Waals surface area contributed by atoms with Crippen molar-refractivity contribution in [2.24, 2.45) is 4.99 Å². The van der Waals surface area contributed by atoms with E-state index in [0.717, 1.165) is 22.4 Å². The minimum Gasteiger partial charge on any atom is -0.257 e. The van der Waals surface area contributed by atoms with E-state index >= 15 is 0 Å². The van der Waals surface area contributed by atoms with Crippen LogP contribution in [0.1, 0.15) is 18.1 Å². The van der Waals surface area contributed by atoms with Crippen LogP contribution in [0.25, 0.3) is 5.57 Å². The number of hydrogen-bond donors (Lipinski definition) is 0. The SMILES string of the molecule is C=CN=C(/C=C\C)c1cccc(C(=C)C=C)c1. The van der Waals surface area contributed by atoms with Gasteiger partial charge < -0.3 is 0 Å². The molecule has 0 atom stereocenters. The van der Waals surface area contributed by atoms with Crippen molar-refractivity contribution in [1.29, 1.82) is 0 Å². The van der Waals surface area contributed by atoms with Gasteiger partial charge in [-0.25, -0.2) is 0 Å². The van der Waals surface area contributed by atoms with Crippen molar-refractivity contribution in [3.05, 3.63) is 79.6 Å². The summed E-state index contributed by atoms with van der Waals surface area (Å²) >= 11 is 0. The second-order valence-corrected chi connectivity index (χ2v) is 3.51. The van der Waals surface area contributed by atoms with Gasteiger partial charge in [-0.1, -0.05) is 50.1 Å². The van der Waals surface area contributed by atoms with Gasteiger partial charge in [-0.05, 0) is 30.2 Å². The molecule has 17 heavy (non-hydrogen) atoms. The Morgan fingerprint density at radius 2 is 1.94 bits per heavy atom. The fourth-order valence-electron chi connectivity index (χ4n) is 1.47. The van der Waals surface area contributed by atoms with Crippen molar-refractivity contribution in [3.8, 4) is 0 Å². The zero-order valence-electron chi connectivity index (χ0n) is 10.2. The van der Waals surface area contributed by atoms with E-state index in [1.165, 1.54) is 0 Å². The summed E-state index contributed by atoms with van der Waals surface area (Å²) < 4.78 is 0. The first-order chi connectivity index (χ1) is 8.22. The van der Waals surface area contributed by atoms with Crippen molar-refractivity contribution >= 4 is 11.3 Å². The second kappa shape index (κ2) is 6.44. The zero-order valence-corrected chi connectivity index (χ0v) is 10.2. The number of nitrogens with zero attached hydrogens (tertiary/aromatic N) is 1. The highest BCUT2D eigenvalue weighted by Crippen LogP contribution is 2.16. The van der Waals surface area contributed by atoms with Crippen molar-refractivity contribution in [2.75, 3.05) is 0 Å². The Hall–Kier alpha value is -2.15. The largest absolute Gasteiger partial charge is 0.257 e. The van der Waals surface area contributed by atoms with Gasteiger partial charge in [0.15, 0.2) is 0 Å². The van der Waals surface area contributed by atoms with Crippen LogP contribution in [0.5, 0.6) is 0 Å². The Kier molecular flexibility index (Phi) is 4.89. The van der Waals surface area contributed by atoms with Crippen molar-refractivity contribution in [2.45, 2.75) is 6.92 Å². The molecule has 0 bridgehead atoms. The van der Waals surface area contributed by atoms with E-state index < -0.39 is 0 Å². The molecule has 0 spiro atoms. The van der Waals surface area contributed by atoms with Crippen LogP contribution >= 0.6 is 0 Å². The maximum Gasteiger partial charge on any atom is 0.0698 e. The lowest BCUT2D eigenvalue weighted by Crippen LogP contribution is -1.96. The average molecular weight is 223 g/mol. The summed E-state index contributed by atoms with van der Waals surface area (Å²) in [5.74, 6) is 0. The lowest BCUT2D eigenvalue weighted by atomic mass is 10.0. The van der Waals surface area contributed by atoms with Crippen LogP contribution in [-0.4, -0.2) is 5.71 Å². The van der Waals surface area contributed by atoms with Crippen LogP contribution in [0.4, 0.5) is 0 Å². The zero-order chi connectivity index (χ0) is 12.7. The highest BCUT2D eigenvalue weighted by atomic mass is 14.7. The molecular formula is C16H17N. The second-order valence-electron chi connectivity index (χ2n) is 3.51. The van der Waals surface area contributed by atoms with E-state index in [1.807, 2.05) is 43.3 Å². The molecule has 1 rings (SSSR count). The molecule has 0 aliphatic heterocycles. The molecule has 0 unspecified atom stereocenters. The molecule has 1 nitrogen and oxygen atoms in total. The summed E-state index contributed by atoms with van der Waals surface area (Å²) in [6.07, 6.45) is 7.21. The Morgan fingerprint density at radius 3 is 2.53 bits per heavy atom. The summed E-state index contributed by atoms with van der Waals surface area (Å²) in [6.45, 7) is 13.3. The van der Waals surface area contributed by atoms with Gasteiger partial charge in [-0.15, -0.1) is 0 Å². The van der Waals surface area contributed by atoms with Crippen LogP contribution in [0.15, 0.2) is 73.4 Å². The van der Waals surface area contributed by atoms with Gasteiger partial charge in [-0.3, -0.25) is 4.99 Å². The normalized spacial score (nSPS) is 11.5. The van der Waals surface area contributed by atoms with Crippen molar-refractivity contribution in [3.63, 3.8) is 0 Å². The lowest BCUT2D eigenvalue weighted by Gasteiger charge is -2.05. The molecule has 0 aliphatic rings. The first-order valence-corrected chi connectivity index (χ1v) is 5.46. The van der Waals surface area contributed by atoms with Crippen LogP contribution < -0.4 is 0 Å². The van der Waals surface area contributed by atoms with Gasteiger partial charge in [0.25, 0.3) is 0 Å². The minimum absolute atomic E-state index is 0.890. The minimum atomic E-state index is 0.890. The molecule has 0 saturated carbocycles. The molecule has 1 heteroatoms. The predicted octanol–water partition coefficient (Wildman–Crippen LogP) is 4.39. The number of benzene rings is 1. The molecule has 1 aromatic carbocycles. The standard InChI is InChI=1S/C16H17N/c1-5-9-16(17-7-3)15-11-8-10-14(12-15)13(4)6-2/h5-12H,2-4H2,1H3/b9-5-,17-16?. The van der Waals surface area contributed by atoms with Gasteiger partial charge in [0, 0.05) is 11.8 Å². The Morgan fingerprint density at radius 1 is 1.24 bits per heavy atom. The molecule has 0 aliphatic carbocycles. The van der Waals surface area contributed by atoms with Crippen LogP contribution in [0.2, 0.25) is 0 Å². The van der Waals surface area contributed by atoms with E-state index in [-0.39, 0.29) is 0 Å². The Labute approximate surface area is 103 Å². The van der Waals surface area contributed by atoms with E-state index in [4.69, 9.17) is 0 Å². The predicted molar refractivity (Wildman–Crippen MR) is 77.2 cm³/mol. The summed E-state index contributed by atoms with van der Waals surface area (Å²) in [6, 6.07) is 8.06. The lowest BCUT2D eigenvalue weighted by molar-refractivity contribution is 1.52. The topological polar surface area (TPSA) is 12.4 Å². The number of allylic oxidation sites excluding steroid dienone is 4. The van der Waals surface area contributed by atoms with Crippen molar-refractivity contribution in [1.82, 2.24) is 0 Å². The number of aliphatic imine (C=N–C) groups is 1. The van der Waals surface area contributed by atoms with E-state index in [2.05, 4.69) is 24.7 Å². The maximum atomic E-state index is 4.25. The van der Waals surface area contributed by atoms with E-state index in [0.29, 0.717) is 0 Å². The number of hydrogen-bond acceptors (Lipinski definition) is 1. The Bertz CT molecular complexity index is 490. The molecule has 0 N–H and O–H groups in total. The molecule has 86 valence electrons. The van der Waals surface area contributed by atoms with Gasteiger partial charge in [0.2, 0.25) is 0 Å². The molecule has 1 aromatic rings. The van der Waals surface area contributed by atoms with Crippen LogP contribution in [0, 0.1) is 0 Å². The van der Waals surface area contributed by atoms with Crippen molar-refractivity contribution < 1.29 is 0 Å². The molecule has 0 heterocycles. The van der Waals surface area contributed by atoms with Gasteiger partial charge in [0.05, 0.1) is 5.71 Å². The van der Waals surface area contributed by atoms with Gasteiger partial charge in [-0.2, -0.15) is 0 Å². The third kappa shape index (κ3) is 3.42. The van der Waals surface area contributed by atoms with E-state index in [1.54, 1.807) is 12.3 Å². The summed E-state index contributed by atoms with van der Waals surface area (Å²) in [4.78, 5) is 4.25. The Balaban J connectivity index is 3.21. The summed E-state index contributed by atoms with van der Waals surface area (Å²) in [5.41, 5.74) is 3.90. The quantitative estimate of drug-likeness (QED) is 0.518. The number of rotatable bonds is 5. The van der Waals surface area contributed by atoms with Crippen LogP contribution in [0.3, 0.4) is 0 Å². The summed E-state index contributed by atoms with van der Waals surface area (Å²) in [7, 11) is 0. The monoisotopic (exact) mass is 223 g/mol. The molecule has 0 radical (unpaired) electrons. The maximum absolute atomic E-state index is 4.25. The molecule has 0 aromatic heterocycles. The highest BCUT2D eigenvalue weighted by Gasteiger charge is 2.01. The fraction of sp³-hybridized carbons (Fsp3) is 0.0625. The first-order valence-electron chi connectivity index (χ1n) is 5.46. The highest BCUT2D eigenvalue weighted by molar-refractivity contribution is 6.09. The third-order valence-electron chi connectivity index (χ3n) is 2.33. The molecular weight excluding hydrogens is 206 g/mol. The molecule has 0 saturated heterocycles. The smallest absolute Gasteiger partial charge is 0.0698 e. The van der Waals surface area contributed by atoms with Crippen LogP contribution in [-0.2, 0) is 0 Å². The third-order valence-corrected chi connectivity index (χ3v) is 2.33. The average Bonchev–Trinajstić information content (AvgIpc) is 2.37. The van der Waals surface area contributed by atoms with Gasteiger partial charge >= 0.3 is 0 Å². The molecule has 0 amide bonds. The summed E-state index contributed by atoms with van der Waals surface area (Å²) in [5, 5.41) is 0. The van der Waals surface area contributed by atoms with Gasteiger partial charge in [0.1, 0.15) is 0 Å². The first kappa shape index (κ1) is 12.9.